The van der Waals surface area contributed by atoms with E-state index in [0.717, 1.165) is 22.5 Å². The van der Waals surface area contributed by atoms with Crippen LogP contribution in [0, 0.1) is 41.5 Å². The van der Waals surface area contributed by atoms with E-state index in [2.05, 4.69) is 185 Å². The van der Waals surface area contributed by atoms with Gasteiger partial charge in [0.1, 0.15) is 0 Å². The number of para-hydroxylation sites is 1. The first-order valence-corrected chi connectivity index (χ1v) is 21.8. The molecule has 6 heteroatoms. The molecular weight excluding hydrogens is 750 g/mol. The molecule has 3 aliphatic rings. The van der Waals surface area contributed by atoms with Crippen molar-refractivity contribution in [3.63, 3.8) is 0 Å². The lowest BCUT2D eigenvalue weighted by Crippen LogP contribution is -2.62. The highest BCUT2D eigenvalue weighted by atomic mass is 15.3. The van der Waals surface area contributed by atoms with Crippen molar-refractivity contribution in [2.75, 3.05) is 9.80 Å². The van der Waals surface area contributed by atoms with Gasteiger partial charge in [-0.3, -0.25) is 9.97 Å². The van der Waals surface area contributed by atoms with Gasteiger partial charge in [-0.05, 0) is 134 Å². The third-order valence-corrected chi connectivity index (χ3v) is 13.7. The van der Waals surface area contributed by atoms with Gasteiger partial charge in [0.2, 0.25) is 13.4 Å². The summed E-state index contributed by atoms with van der Waals surface area (Å²) >= 11 is 0. The van der Waals surface area contributed by atoms with Crippen molar-refractivity contribution < 1.29 is 0 Å². The lowest BCUT2D eigenvalue weighted by Gasteiger charge is -2.49. The quantitative estimate of drug-likeness (QED) is 0.166. The van der Waals surface area contributed by atoms with Crippen molar-refractivity contribution >= 4 is 91.1 Å². The number of hydrogen-bond donors (Lipinski definition) is 0. The van der Waals surface area contributed by atoms with Crippen LogP contribution in [-0.2, 0) is 0 Å². The summed E-state index contributed by atoms with van der Waals surface area (Å²) in [6.07, 6.45) is 3.80. The number of fused-ring (bicyclic) bond motifs is 8. The van der Waals surface area contributed by atoms with Crippen LogP contribution in [0.4, 0.5) is 34.1 Å². The topological polar surface area (TPSA) is 32.3 Å². The van der Waals surface area contributed by atoms with Crippen LogP contribution in [0.5, 0.6) is 0 Å². The Balaban J connectivity index is 1.22. The third-order valence-electron chi connectivity index (χ3n) is 13.7. The minimum absolute atomic E-state index is 0.00309. The Labute approximate surface area is 364 Å². The van der Waals surface area contributed by atoms with Gasteiger partial charge in [-0.15, -0.1) is 0 Å². The number of benzene rings is 7. The fourth-order valence-corrected chi connectivity index (χ4v) is 11.6. The molecule has 2 aromatic heterocycles. The van der Waals surface area contributed by atoms with Gasteiger partial charge < -0.3 is 9.80 Å². The maximum atomic E-state index is 4.86. The molecule has 0 amide bonds. The molecule has 9 aromatic rings. The zero-order valence-electron chi connectivity index (χ0n) is 36.0. The number of aryl methyl sites for hydroxylation is 6. The molecule has 0 spiro atoms. The van der Waals surface area contributed by atoms with E-state index in [0.29, 0.717) is 0 Å². The van der Waals surface area contributed by atoms with E-state index >= 15 is 0 Å². The molecule has 0 fully saturated rings. The molecule has 0 aliphatic carbocycles. The highest BCUT2D eigenvalue weighted by Crippen LogP contribution is 2.56. The Morgan fingerprint density at radius 1 is 0.387 bits per heavy atom. The van der Waals surface area contributed by atoms with Crippen LogP contribution in [0.2, 0.25) is 0 Å². The summed E-state index contributed by atoms with van der Waals surface area (Å²) in [7, 11) is 0. The van der Waals surface area contributed by atoms with E-state index in [1.54, 1.807) is 0 Å². The highest BCUT2D eigenvalue weighted by molar-refractivity contribution is 7.00. The van der Waals surface area contributed by atoms with Crippen molar-refractivity contribution in [3.05, 3.63) is 191 Å². The Morgan fingerprint density at radius 3 is 1.50 bits per heavy atom. The molecular formula is C56H44B2N4. The maximum absolute atomic E-state index is 4.86. The molecule has 62 heavy (non-hydrogen) atoms. The molecule has 12 rings (SSSR count). The first-order valence-electron chi connectivity index (χ1n) is 21.8. The summed E-state index contributed by atoms with van der Waals surface area (Å²) < 4.78 is 0. The van der Waals surface area contributed by atoms with E-state index < -0.39 is 0 Å². The molecule has 3 aliphatic heterocycles. The second-order valence-corrected chi connectivity index (χ2v) is 17.7. The smallest absolute Gasteiger partial charge is 0.248 e. The van der Waals surface area contributed by atoms with E-state index in [9.17, 15) is 0 Å². The fourth-order valence-electron chi connectivity index (χ4n) is 11.6. The third kappa shape index (κ3) is 5.29. The second kappa shape index (κ2) is 13.7. The summed E-state index contributed by atoms with van der Waals surface area (Å²) in [6, 6.07) is 54.5. The molecule has 0 bridgehead atoms. The molecule has 0 radical (unpaired) electrons. The minimum Gasteiger partial charge on any atom is -0.307 e. The normalized spacial score (nSPS) is 13.2. The van der Waals surface area contributed by atoms with Crippen molar-refractivity contribution in [2.24, 2.45) is 0 Å². The molecule has 0 N–H and O–H groups in total. The summed E-state index contributed by atoms with van der Waals surface area (Å²) in [5.41, 5.74) is 27.3. The number of pyridine rings is 2. The van der Waals surface area contributed by atoms with Gasteiger partial charge in [-0.2, -0.15) is 0 Å². The number of anilines is 6. The number of nitrogens with zero attached hydrogens (tertiary/aromatic N) is 4. The molecule has 0 atom stereocenters. The highest BCUT2D eigenvalue weighted by Gasteiger charge is 2.47. The van der Waals surface area contributed by atoms with E-state index in [4.69, 9.17) is 9.97 Å². The van der Waals surface area contributed by atoms with Gasteiger partial charge in [0.25, 0.3) is 0 Å². The molecule has 5 heterocycles. The lowest BCUT2D eigenvalue weighted by molar-refractivity contribution is 1.18. The van der Waals surface area contributed by atoms with Crippen LogP contribution < -0.4 is 42.6 Å². The number of hydrogen-bond acceptors (Lipinski definition) is 4. The van der Waals surface area contributed by atoms with Crippen LogP contribution >= 0.6 is 0 Å². The molecule has 0 unspecified atom stereocenters. The summed E-state index contributed by atoms with van der Waals surface area (Å²) in [4.78, 5) is 14.9. The number of rotatable bonds is 4. The van der Waals surface area contributed by atoms with Crippen molar-refractivity contribution in [2.45, 2.75) is 41.5 Å². The van der Waals surface area contributed by atoms with Gasteiger partial charge in [0.15, 0.2) is 0 Å². The van der Waals surface area contributed by atoms with Crippen LogP contribution in [0.3, 0.4) is 0 Å². The monoisotopic (exact) mass is 794 g/mol. The van der Waals surface area contributed by atoms with Gasteiger partial charge in [0, 0.05) is 23.8 Å². The Morgan fingerprint density at radius 2 is 0.919 bits per heavy atom. The lowest BCUT2D eigenvalue weighted by atomic mass is 9.32. The Hall–Kier alpha value is -7.17. The minimum atomic E-state index is -0.0310. The van der Waals surface area contributed by atoms with Gasteiger partial charge >= 0.3 is 0 Å². The van der Waals surface area contributed by atoms with Gasteiger partial charge in [-0.1, -0.05) is 141 Å². The zero-order chi connectivity index (χ0) is 42.0. The standard InChI is InChI=1S/C56H44B2N4/c1-33-26-35(3)52(36(4)27-33)57-43-16-13-19-50-55(43)62(48-22-20-40(30-44(48)57)46-17-9-11-24-59-46)51-32-39-14-7-8-15-42(39)54-56(51)61(50)49-23-21-41(47-18-10-12-25-60-47)31-45(49)58(54)53-37(5)28-34(2)29-38(53)6/h7-32H,1-6H3. The largest absolute Gasteiger partial charge is 0.307 e. The van der Waals surface area contributed by atoms with Gasteiger partial charge in [-0.25, -0.2) is 0 Å². The maximum Gasteiger partial charge on any atom is 0.248 e. The van der Waals surface area contributed by atoms with Crippen molar-refractivity contribution in [3.8, 4) is 22.5 Å². The summed E-state index contributed by atoms with van der Waals surface area (Å²) in [6.45, 7) is 13.6. The van der Waals surface area contributed by atoms with Crippen LogP contribution in [-0.4, -0.2) is 23.4 Å². The first-order chi connectivity index (χ1) is 30.2. The summed E-state index contributed by atoms with van der Waals surface area (Å²) in [5.74, 6) is 0. The predicted molar refractivity (Wildman–Crippen MR) is 264 cm³/mol. The molecule has 4 nitrogen and oxygen atoms in total. The summed E-state index contributed by atoms with van der Waals surface area (Å²) in [5, 5.41) is 2.51. The number of aromatic nitrogens is 2. The SMILES string of the molecule is Cc1cc(C)c(B2c3cc(-c4ccccn4)ccc3N3c4cc5ccccc5c5c4N(c4ccc(-c6ccccn6)cc4B5c4c(C)cc(C)cc4C)c4cccc2c43)c(C)c1. The Kier molecular flexibility index (Phi) is 8.08. The van der Waals surface area contributed by atoms with Crippen molar-refractivity contribution in [1.82, 2.24) is 9.97 Å². The van der Waals surface area contributed by atoms with Gasteiger partial charge in [0.05, 0.1) is 34.1 Å². The second-order valence-electron chi connectivity index (χ2n) is 17.7. The average molecular weight is 795 g/mol. The van der Waals surface area contributed by atoms with Crippen LogP contribution in [0.15, 0.2) is 158 Å². The van der Waals surface area contributed by atoms with E-state index in [-0.39, 0.29) is 13.4 Å². The van der Waals surface area contributed by atoms with E-state index in [1.165, 1.54) is 111 Å². The fraction of sp³-hybridized carbons (Fsp3) is 0.107. The molecule has 294 valence electrons. The van der Waals surface area contributed by atoms with Crippen LogP contribution in [0.25, 0.3) is 33.3 Å². The predicted octanol–water partition coefficient (Wildman–Crippen LogP) is 9.73. The zero-order valence-corrected chi connectivity index (χ0v) is 36.0. The van der Waals surface area contributed by atoms with E-state index in [1.807, 2.05) is 24.5 Å². The first kappa shape index (κ1) is 36.7. The average Bonchev–Trinajstić information content (AvgIpc) is 3.28. The molecule has 0 saturated heterocycles. The molecule has 7 aromatic carbocycles. The molecule has 0 saturated carbocycles. The van der Waals surface area contributed by atoms with Crippen LogP contribution in [0.1, 0.15) is 33.4 Å². The Bertz CT molecular complexity index is 3290. The van der Waals surface area contributed by atoms with Crippen molar-refractivity contribution in [1.29, 1.82) is 0 Å².